The summed E-state index contributed by atoms with van der Waals surface area (Å²) in [6, 6.07) is 7.34. The van der Waals surface area contributed by atoms with E-state index in [0.29, 0.717) is 29.5 Å². The number of rotatable bonds is 2. The van der Waals surface area contributed by atoms with Crippen LogP contribution in [0.1, 0.15) is 40.5 Å². The van der Waals surface area contributed by atoms with Crippen LogP contribution >= 0.6 is 11.6 Å². The zero-order chi connectivity index (χ0) is 18.0. The number of hydrogen-bond donors (Lipinski definition) is 3. The summed E-state index contributed by atoms with van der Waals surface area (Å²) in [6.45, 7) is 7.97. The lowest BCUT2D eigenvalue weighted by molar-refractivity contribution is -0.245. The van der Waals surface area contributed by atoms with E-state index in [9.17, 15) is 5.21 Å². The Hall–Kier alpha value is -1.81. The van der Waals surface area contributed by atoms with Crippen molar-refractivity contribution in [3.63, 3.8) is 0 Å². The minimum absolute atomic E-state index is 0.0560. The second-order valence-corrected chi connectivity index (χ2v) is 7.76. The van der Waals surface area contributed by atoms with Crippen molar-refractivity contribution < 1.29 is 5.21 Å². The standard InChI is InChI=1S/C17H24ClN5O/c1-16(2)9-12(10-17(3,4)23(16)24)21-15(20-11-19)22-14-8-6-5-7-13(14)18/h5-8,12,24H,9-10H2,1-4H3,(H2,20,21,22). The fraction of sp³-hybridized carbons (Fsp3) is 0.529. The number of benzene rings is 1. The molecule has 1 saturated heterocycles. The highest BCUT2D eigenvalue weighted by Crippen LogP contribution is 2.36. The van der Waals surface area contributed by atoms with Crippen molar-refractivity contribution in [2.45, 2.75) is 57.7 Å². The zero-order valence-electron chi connectivity index (χ0n) is 14.5. The number of halogens is 1. The molecule has 1 heterocycles. The number of nitriles is 1. The first-order valence-corrected chi connectivity index (χ1v) is 8.27. The van der Waals surface area contributed by atoms with Crippen LogP contribution in [0.15, 0.2) is 29.3 Å². The van der Waals surface area contributed by atoms with Crippen LogP contribution in [-0.2, 0) is 0 Å². The summed E-state index contributed by atoms with van der Waals surface area (Å²) in [7, 11) is 0. The molecule has 1 fully saturated rings. The molecule has 2 rings (SSSR count). The van der Waals surface area contributed by atoms with E-state index in [1.165, 1.54) is 5.06 Å². The Bertz CT molecular complexity index is 647. The Kier molecular flexibility index (Phi) is 5.38. The third kappa shape index (κ3) is 4.18. The van der Waals surface area contributed by atoms with Gasteiger partial charge < -0.3 is 15.8 Å². The van der Waals surface area contributed by atoms with Crippen LogP contribution in [0, 0.1) is 11.5 Å². The highest BCUT2D eigenvalue weighted by atomic mass is 35.5. The number of hydrogen-bond acceptors (Lipinski definition) is 4. The Labute approximate surface area is 148 Å². The van der Waals surface area contributed by atoms with Crippen LogP contribution in [0.25, 0.3) is 0 Å². The van der Waals surface area contributed by atoms with Crippen LogP contribution in [0.5, 0.6) is 0 Å². The van der Waals surface area contributed by atoms with Crippen LogP contribution in [0.2, 0.25) is 5.02 Å². The van der Waals surface area contributed by atoms with Crippen LogP contribution in [0.3, 0.4) is 0 Å². The molecule has 0 unspecified atom stereocenters. The fourth-order valence-corrected chi connectivity index (χ4v) is 3.59. The fourth-order valence-electron chi connectivity index (χ4n) is 3.40. The normalized spacial score (nSPS) is 21.1. The molecule has 0 atom stereocenters. The van der Waals surface area contributed by atoms with Crippen LogP contribution in [-0.4, -0.2) is 33.3 Å². The summed E-state index contributed by atoms with van der Waals surface area (Å²) in [5.41, 5.74) is -0.0953. The molecule has 1 aliphatic rings. The molecule has 0 aromatic heterocycles. The van der Waals surface area contributed by atoms with Gasteiger partial charge in [0, 0.05) is 17.1 Å². The Morgan fingerprint density at radius 3 is 2.42 bits per heavy atom. The van der Waals surface area contributed by atoms with Crippen molar-refractivity contribution in [3.8, 4) is 6.19 Å². The first-order valence-electron chi connectivity index (χ1n) is 7.90. The summed E-state index contributed by atoms with van der Waals surface area (Å²) >= 11 is 6.15. The van der Waals surface area contributed by atoms with Crippen molar-refractivity contribution in [3.05, 3.63) is 29.3 Å². The average Bonchev–Trinajstić information content (AvgIpc) is 2.47. The molecule has 0 radical (unpaired) electrons. The number of para-hydroxylation sites is 1. The Morgan fingerprint density at radius 2 is 1.88 bits per heavy atom. The van der Waals surface area contributed by atoms with E-state index in [2.05, 4.69) is 15.6 Å². The van der Waals surface area contributed by atoms with Gasteiger partial charge in [-0.15, -0.1) is 4.99 Å². The van der Waals surface area contributed by atoms with Crippen molar-refractivity contribution in [1.29, 1.82) is 5.26 Å². The van der Waals surface area contributed by atoms with Crippen molar-refractivity contribution in [2.24, 2.45) is 4.99 Å². The predicted molar refractivity (Wildman–Crippen MR) is 96.1 cm³/mol. The maximum Gasteiger partial charge on any atom is 0.212 e. The maximum atomic E-state index is 10.4. The van der Waals surface area contributed by atoms with Gasteiger partial charge in [0.1, 0.15) is 0 Å². The third-order valence-corrected chi connectivity index (χ3v) is 4.60. The molecule has 1 aromatic rings. The minimum atomic E-state index is -0.387. The minimum Gasteiger partial charge on any atom is -0.352 e. The van der Waals surface area contributed by atoms with E-state index in [1.54, 1.807) is 6.07 Å². The van der Waals surface area contributed by atoms with Gasteiger partial charge in [-0.05, 0) is 52.7 Å². The molecule has 0 saturated carbocycles. The lowest BCUT2D eigenvalue weighted by Gasteiger charge is -2.51. The van der Waals surface area contributed by atoms with Gasteiger partial charge in [-0.1, -0.05) is 23.7 Å². The van der Waals surface area contributed by atoms with Gasteiger partial charge in [0.05, 0.1) is 10.7 Å². The lowest BCUT2D eigenvalue weighted by Crippen LogP contribution is -2.63. The maximum absolute atomic E-state index is 10.4. The third-order valence-electron chi connectivity index (χ3n) is 4.27. The van der Waals surface area contributed by atoms with Crippen molar-refractivity contribution >= 4 is 23.2 Å². The molecule has 0 aliphatic carbocycles. The molecular weight excluding hydrogens is 326 g/mol. The van der Waals surface area contributed by atoms with Gasteiger partial charge in [-0.3, -0.25) is 0 Å². The SMILES string of the molecule is CC1(C)CC(NC(=NC#N)Nc2ccccc2Cl)CC(C)(C)N1O. The number of nitrogens with one attached hydrogen (secondary N) is 2. The quantitative estimate of drug-likeness (QED) is 0.431. The summed E-state index contributed by atoms with van der Waals surface area (Å²) in [5, 5.41) is 27.7. The van der Waals surface area contributed by atoms with E-state index in [4.69, 9.17) is 16.9 Å². The molecule has 6 nitrogen and oxygen atoms in total. The van der Waals surface area contributed by atoms with Gasteiger partial charge in [-0.2, -0.15) is 10.3 Å². The van der Waals surface area contributed by atoms with Gasteiger partial charge >= 0.3 is 0 Å². The van der Waals surface area contributed by atoms with Crippen LogP contribution < -0.4 is 10.6 Å². The molecule has 24 heavy (non-hydrogen) atoms. The highest BCUT2D eigenvalue weighted by Gasteiger charge is 2.45. The molecular formula is C17H24ClN5O. The first-order chi connectivity index (χ1) is 11.2. The van der Waals surface area contributed by atoms with Crippen LogP contribution in [0.4, 0.5) is 5.69 Å². The molecule has 7 heteroatoms. The van der Waals surface area contributed by atoms with E-state index in [0.717, 1.165) is 0 Å². The van der Waals surface area contributed by atoms with E-state index < -0.39 is 0 Å². The molecule has 0 bridgehead atoms. The number of piperidine rings is 1. The Morgan fingerprint density at radius 1 is 1.29 bits per heavy atom. The molecule has 3 N–H and O–H groups in total. The topological polar surface area (TPSA) is 83.7 Å². The van der Waals surface area contributed by atoms with E-state index in [1.807, 2.05) is 52.1 Å². The summed E-state index contributed by atoms with van der Waals surface area (Å²) in [6.07, 6.45) is 3.23. The molecule has 1 aliphatic heterocycles. The molecule has 1 aromatic carbocycles. The average molecular weight is 350 g/mol. The zero-order valence-corrected chi connectivity index (χ0v) is 15.2. The number of aliphatic imine (C=N–C) groups is 1. The van der Waals surface area contributed by atoms with Gasteiger partial charge in [-0.25, -0.2) is 0 Å². The molecule has 0 spiro atoms. The van der Waals surface area contributed by atoms with E-state index in [-0.39, 0.29) is 17.1 Å². The largest absolute Gasteiger partial charge is 0.352 e. The number of nitrogens with zero attached hydrogens (tertiary/aromatic N) is 3. The smallest absolute Gasteiger partial charge is 0.212 e. The van der Waals surface area contributed by atoms with Crippen molar-refractivity contribution in [1.82, 2.24) is 10.4 Å². The summed E-state index contributed by atoms with van der Waals surface area (Å²) in [5.74, 6) is 0.355. The van der Waals surface area contributed by atoms with Gasteiger partial charge in [0.25, 0.3) is 0 Å². The number of hydroxylamine groups is 2. The Balaban J connectivity index is 2.16. The summed E-state index contributed by atoms with van der Waals surface area (Å²) in [4.78, 5) is 3.83. The predicted octanol–water partition coefficient (Wildman–Crippen LogP) is 3.59. The monoisotopic (exact) mass is 349 g/mol. The molecule has 0 amide bonds. The van der Waals surface area contributed by atoms with Gasteiger partial charge in [0.15, 0.2) is 0 Å². The van der Waals surface area contributed by atoms with Gasteiger partial charge in [0.2, 0.25) is 12.2 Å². The van der Waals surface area contributed by atoms with Crippen molar-refractivity contribution in [2.75, 3.05) is 5.32 Å². The second kappa shape index (κ2) is 6.98. The highest BCUT2D eigenvalue weighted by molar-refractivity contribution is 6.33. The second-order valence-electron chi connectivity index (χ2n) is 7.35. The van der Waals surface area contributed by atoms with E-state index >= 15 is 0 Å². The number of guanidine groups is 1. The number of anilines is 1. The lowest BCUT2D eigenvalue weighted by atomic mass is 9.79. The summed E-state index contributed by atoms with van der Waals surface area (Å²) < 4.78 is 0. The first kappa shape index (κ1) is 18.5. The molecule has 130 valence electrons.